The minimum atomic E-state index is -0.0631. The van der Waals surface area contributed by atoms with Crippen LogP contribution in [0.15, 0.2) is 60.8 Å². The highest BCUT2D eigenvalue weighted by molar-refractivity contribution is 6.31. The standard InChI is InChI=1S/C16H14ClNO/c1-11(2)18-15-9-8-13(17)10-14(15)16(19)12-6-4-3-5-7-12/h3-10,18H,1H2,2H3. The SMILES string of the molecule is C=C(C)Nc1ccc(Cl)cc1C(=O)c1ccccc1. The number of rotatable bonds is 4. The summed E-state index contributed by atoms with van der Waals surface area (Å²) in [6.45, 7) is 5.63. The molecule has 0 unspecified atom stereocenters. The van der Waals surface area contributed by atoms with Gasteiger partial charge >= 0.3 is 0 Å². The molecule has 0 saturated carbocycles. The van der Waals surface area contributed by atoms with E-state index >= 15 is 0 Å². The van der Waals surface area contributed by atoms with E-state index in [1.165, 1.54) is 0 Å². The van der Waals surface area contributed by atoms with Gasteiger partial charge in [0.05, 0.1) is 0 Å². The van der Waals surface area contributed by atoms with Gasteiger partial charge in [0.2, 0.25) is 0 Å². The third kappa shape index (κ3) is 3.24. The highest BCUT2D eigenvalue weighted by Crippen LogP contribution is 2.24. The number of allylic oxidation sites excluding steroid dienone is 1. The average Bonchev–Trinajstić information content (AvgIpc) is 2.40. The first-order valence-electron chi connectivity index (χ1n) is 5.90. The van der Waals surface area contributed by atoms with E-state index in [4.69, 9.17) is 11.6 Å². The van der Waals surface area contributed by atoms with Gasteiger partial charge in [-0.2, -0.15) is 0 Å². The van der Waals surface area contributed by atoms with Crippen molar-refractivity contribution in [1.82, 2.24) is 0 Å². The first kappa shape index (κ1) is 13.4. The molecule has 0 heterocycles. The minimum absolute atomic E-state index is 0.0631. The zero-order valence-electron chi connectivity index (χ0n) is 10.6. The van der Waals surface area contributed by atoms with Gasteiger partial charge in [-0.15, -0.1) is 0 Å². The van der Waals surface area contributed by atoms with Crippen molar-refractivity contribution in [3.63, 3.8) is 0 Å². The Bertz CT molecular complexity index is 620. The number of hydrogen-bond donors (Lipinski definition) is 1. The van der Waals surface area contributed by atoms with Crippen LogP contribution in [0.3, 0.4) is 0 Å². The molecule has 0 bridgehead atoms. The maximum atomic E-state index is 12.5. The van der Waals surface area contributed by atoms with E-state index in [1.807, 2.05) is 25.1 Å². The largest absolute Gasteiger partial charge is 0.359 e. The smallest absolute Gasteiger partial charge is 0.195 e. The lowest BCUT2D eigenvalue weighted by molar-refractivity contribution is 0.103. The van der Waals surface area contributed by atoms with Crippen LogP contribution in [-0.2, 0) is 0 Å². The van der Waals surface area contributed by atoms with Gasteiger partial charge in [-0.25, -0.2) is 0 Å². The van der Waals surface area contributed by atoms with Crippen LogP contribution in [0.5, 0.6) is 0 Å². The predicted molar refractivity (Wildman–Crippen MR) is 79.8 cm³/mol. The van der Waals surface area contributed by atoms with Gasteiger partial charge in [-0.3, -0.25) is 4.79 Å². The molecule has 19 heavy (non-hydrogen) atoms. The first-order chi connectivity index (χ1) is 9.08. The van der Waals surface area contributed by atoms with Crippen LogP contribution in [0.1, 0.15) is 22.8 Å². The van der Waals surface area contributed by atoms with Crippen LogP contribution in [0.25, 0.3) is 0 Å². The van der Waals surface area contributed by atoms with Gasteiger partial charge in [0.1, 0.15) is 0 Å². The summed E-state index contributed by atoms with van der Waals surface area (Å²) in [7, 11) is 0. The zero-order chi connectivity index (χ0) is 13.8. The summed E-state index contributed by atoms with van der Waals surface area (Å²) in [6.07, 6.45) is 0. The highest BCUT2D eigenvalue weighted by atomic mass is 35.5. The van der Waals surface area contributed by atoms with Gasteiger partial charge in [-0.05, 0) is 25.1 Å². The lowest BCUT2D eigenvalue weighted by Crippen LogP contribution is -2.06. The molecular weight excluding hydrogens is 258 g/mol. The first-order valence-corrected chi connectivity index (χ1v) is 6.27. The van der Waals surface area contributed by atoms with Gasteiger partial charge in [0.15, 0.2) is 5.78 Å². The van der Waals surface area contributed by atoms with Crippen molar-refractivity contribution in [2.45, 2.75) is 6.92 Å². The highest BCUT2D eigenvalue weighted by Gasteiger charge is 2.14. The molecule has 0 aliphatic carbocycles. The van der Waals surface area contributed by atoms with Crippen molar-refractivity contribution in [1.29, 1.82) is 0 Å². The van der Waals surface area contributed by atoms with Crippen molar-refractivity contribution in [2.75, 3.05) is 5.32 Å². The molecule has 2 aromatic rings. The number of benzene rings is 2. The Balaban J connectivity index is 2.45. The zero-order valence-corrected chi connectivity index (χ0v) is 11.4. The molecule has 0 aromatic heterocycles. The van der Waals surface area contributed by atoms with Crippen LogP contribution in [0, 0.1) is 0 Å². The Morgan fingerprint density at radius 1 is 1.16 bits per heavy atom. The fraction of sp³-hybridized carbons (Fsp3) is 0.0625. The van der Waals surface area contributed by atoms with Crippen LogP contribution in [0.2, 0.25) is 5.02 Å². The van der Waals surface area contributed by atoms with E-state index in [0.717, 1.165) is 5.70 Å². The predicted octanol–water partition coefficient (Wildman–Crippen LogP) is 4.52. The summed E-state index contributed by atoms with van der Waals surface area (Å²) in [5.74, 6) is -0.0631. The van der Waals surface area contributed by atoms with E-state index in [0.29, 0.717) is 21.8 Å². The minimum Gasteiger partial charge on any atom is -0.359 e. The molecule has 0 atom stereocenters. The Kier molecular flexibility index (Phi) is 4.03. The van der Waals surface area contributed by atoms with Gasteiger partial charge < -0.3 is 5.32 Å². The topological polar surface area (TPSA) is 29.1 Å². The summed E-state index contributed by atoms with van der Waals surface area (Å²) in [6, 6.07) is 14.3. The molecule has 2 aromatic carbocycles. The Hall–Kier alpha value is -2.06. The van der Waals surface area contributed by atoms with E-state index in [2.05, 4.69) is 11.9 Å². The van der Waals surface area contributed by atoms with Crippen molar-refractivity contribution in [3.8, 4) is 0 Å². The maximum absolute atomic E-state index is 12.5. The molecule has 0 saturated heterocycles. The average molecular weight is 272 g/mol. The molecule has 0 aliphatic rings. The molecule has 0 aliphatic heterocycles. The molecule has 0 radical (unpaired) electrons. The summed E-state index contributed by atoms with van der Waals surface area (Å²) in [5, 5.41) is 3.61. The van der Waals surface area contributed by atoms with Crippen LogP contribution in [0.4, 0.5) is 5.69 Å². The third-order valence-electron chi connectivity index (χ3n) is 2.61. The summed E-state index contributed by atoms with van der Waals surface area (Å²) in [4.78, 5) is 12.5. The molecule has 0 spiro atoms. The number of halogens is 1. The Morgan fingerprint density at radius 2 is 1.84 bits per heavy atom. The molecule has 0 fully saturated rings. The third-order valence-corrected chi connectivity index (χ3v) is 2.85. The molecule has 96 valence electrons. The number of carbonyl (C=O) groups is 1. The van der Waals surface area contributed by atoms with Gasteiger partial charge in [-0.1, -0.05) is 48.5 Å². The quantitative estimate of drug-likeness (QED) is 0.829. The van der Waals surface area contributed by atoms with Crippen molar-refractivity contribution < 1.29 is 4.79 Å². The second kappa shape index (κ2) is 5.72. The van der Waals surface area contributed by atoms with Gasteiger partial charge in [0, 0.05) is 27.5 Å². The van der Waals surface area contributed by atoms with E-state index < -0.39 is 0 Å². The van der Waals surface area contributed by atoms with E-state index in [1.54, 1.807) is 30.3 Å². The van der Waals surface area contributed by atoms with E-state index in [9.17, 15) is 4.79 Å². The fourth-order valence-corrected chi connectivity index (χ4v) is 1.96. The lowest BCUT2D eigenvalue weighted by Gasteiger charge is -2.11. The fourth-order valence-electron chi connectivity index (χ4n) is 1.79. The molecule has 2 nitrogen and oxygen atoms in total. The molecular formula is C16H14ClNO. The van der Waals surface area contributed by atoms with Crippen LogP contribution in [-0.4, -0.2) is 5.78 Å². The normalized spacial score (nSPS) is 10.0. The summed E-state index contributed by atoms with van der Waals surface area (Å²) < 4.78 is 0. The Morgan fingerprint density at radius 3 is 2.47 bits per heavy atom. The van der Waals surface area contributed by atoms with Crippen molar-refractivity contribution in [2.24, 2.45) is 0 Å². The van der Waals surface area contributed by atoms with E-state index in [-0.39, 0.29) is 5.78 Å². The van der Waals surface area contributed by atoms with Crippen molar-refractivity contribution >= 4 is 23.1 Å². The maximum Gasteiger partial charge on any atom is 0.195 e. The summed E-state index contributed by atoms with van der Waals surface area (Å²) in [5.41, 5.74) is 2.66. The number of nitrogens with one attached hydrogen (secondary N) is 1. The van der Waals surface area contributed by atoms with Crippen LogP contribution < -0.4 is 5.32 Å². The number of anilines is 1. The Labute approximate surface area is 117 Å². The van der Waals surface area contributed by atoms with Crippen LogP contribution >= 0.6 is 11.6 Å². The number of carbonyl (C=O) groups excluding carboxylic acids is 1. The van der Waals surface area contributed by atoms with Gasteiger partial charge in [0.25, 0.3) is 0 Å². The van der Waals surface area contributed by atoms with Crippen molar-refractivity contribution in [3.05, 3.63) is 77.0 Å². The summed E-state index contributed by atoms with van der Waals surface area (Å²) >= 11 is 5.98. The monoisotopic (exact) mass is 271 g/mol. The number of ketones is 1. The second-order valence-electron chi connectivity index (χ2n) is 4.29. The molecule has 3 heteroatoms. The number of hydrogen-bond acceptors (Lipinski definition) is 2. The second-order valence-corrected chi connectivity index (χ2v) is 4.73. The molecule has 2 rings (SSSR count). The molecule has 1 N–H and O–H groups in total. The molecule has 0 amide bonds. The lowest BCUT2D eigenvalue weighted by atomic mass is 10.0.